The standard InChI is InChI=1S/C11H11N7/c12-5-6-1-3-7(4-2-6)16-11-17-9(14)8(13)10(15)18-11/h1-4H,13H2,(H5,14,15,16,17,18). The molecule has 0 radical (unpaired) electrons. The lowest BCUT2D eigenvalue weighted by Gasteiger charge is -2.08. The Morgan fingerprint density at radius 2 is 1.56 bits per heavy atom. The minimum Gasteiger partial charge on any atom is -0.393 e. The molecule has 1 heterocycles. The van der Waals surface area contributed by atoms with Crippen LogP contribution in [0.25, 0.3) is 0 Å². The molecule has 1 aromatic carbocycles. The van der Waals surface area contributed by atoms with Crippen LogP contribution in [0.2, 0.25) is 0 Å². The van der Waals surface area contributed by atoms with Crippen molar-refractivity contribution in [3.63, 3.8) is 0 Å². The van der Waals surface area contributed by atoms with Gasteiger partial charge in [-0.25, -0.2) is 0 Å². The first-order valence-corrected chi connectivity index (χ1v) is 5.06. The van der Waals surface area contributed by atoms with Crippen LogP contribution in [0.4, 0.5) is 29.0 Å². The molecule has 2 aromatic rings. The van der Waals surface area contributed by atoms with Crippen molar-refractivity contribution in [2.75, 3.05) is 22.5 Å². The Bertz CT molecular complexity index is 589. The van der Waals surface area contributed by atoms with Gasteiger partial charge in [0.2, 0.25) is 5.95 Å². The molecular formula is C11H11N7. The third-order valence-electron chi connectivity index (χ3n) is 2.27. The lowest BCUT2D eigenvalue weighted by Crippen LogP contribution is -2.08. The van der Waals surface area contributed by atoms with E-state index in [1.165, 1.54) is 0 Å². The second-order valence-electron chi connectivity index (χ2n) is 3.55. The van der Waals surface area contributed by atoms with Gasteiger partial charge in [0.25, 0.3) is 0 Å². The topological polar surface area (TPSA) is 140 Å². The number of hydrogen-bond donors (Lipinski definition) is 4. The Hall–Kier alpha value is -3.01. The Kier molecular flexibility index (Phi) is 2.85. The quantitative estimate of drug-likeness (QED) is 0.610. The van der Waals surface area contributed by atoms with E-state index in [9.17, 15) is 0 Å². The largest absolute Gasteiger partial charge is 0.393 e. The van der Waals surface area contributed by atoms with E-state index in [0.29, 0.717) is 5.56 Å². The third-order valence-corrected chi connectivity index (χ3v) is 2.27. The summed E-state index contributed by atoms with van der Waals surface area (Å²) < 4.78 is 0. The van der Waals surface area contributed by atoms with E-state index in [1.54, 1.807) is 24.3 Å². The molecule has 0 bridgehead atoms. The molecule has 90 valence electrons. The van der Waals surface area contributed by atoms with E-state index in [-0.39, 0.29) is 23.3 Å². The van der Waals surface area contributed by atoms with Gasteiger partial charge in [-0.2, -0.15) is 15.2 Å². The molecule has 0 saturated carbocycles. The highest BCUT2D eigenvalue weighted by atomic mass is 15.1. The number of anilines is 5. The molecule has 7 nitrogen and oxygen atoms in total. The van der Waals surface area contributed by atoms with Crippen LogP contribution in [0, 0.1) is 11.3 Å². The molecule has 7 heteroatoms. The van der Waals surface area contributed by atoms with Gasteiger partial charge in [0.1, 0.15) is 5.69 Å². The van der Waals surface area contributed by atoms with Crippen LogP contribution in [0.3, 0.4) is 0 Å². The van der Waals surface area contributed by atoms with Gasteiger partial charge in [0.15, 0.2) is 11.6 Å². The van der Waals surface area contributed by atoms with Gasteiger partial charge < -0.3 is 22.5 Å². The maximum absolute atomic E-state index is 8.68. The van der Waals surface area contributed by atoms with Crippen LogP contribution in [0.5, 0.6) is 0 Å². The minimum absolute atomic E-state index is 0.124. The molecule has 0 fully saturated rings. The van der Waals surface area contributed by atoms with Gasteiger partial charge in [-0.15, -0.1) is 0 Å². The summed E-state index contributed by atoms with van der Waals surface area (Å²) in [6.07, 6.45) is 0. The van der Waals surface area contributed by atoms with Crippen molar-refractivity contribution in [3.05, 3.63) is 29.8 Å². The van der Waals surface area contributed by atoms with Crippen molar-refractivity contribution >= 4 is 29.0 Å². The number of nitrogens with one attached hydrogen (secondary N) is 1. The summed E-state index contributed by atoms with van der Waals surface area (Å²) in [5, 5.41) is 11.6. The minimum atomic E-state index is 0.124. The van der Waals surface area contributed by atoms with Crippen LogP contribution < -0.4 is 22.5 Å². The first-order valence-electron chi connectivity index (χ1n) is 5.06. The first kappa shape index (κ1) is 11.5. The first-order chi connectivity index (χ1) is 8.60. The number of hydrogen-bond acceptors (Lipinski definition) is 7. The molecule has 0 unspecified atom stereocenters. The maximum Gasteiger partial charge on any atom is 0.231 e. The van der Waals surface area contributed by atoms with Gasteiger partial charge in [-0.3, -0.25) is 0 Å². The molecule has 0 aliphatic heterocycles. The zero-order valence-electron chi connectivity index (χ0n) is 9.38. The summed E-state index contributed by atoms with van der Waals surface area (Å²) in [5.74, 6) is 0.501. The van der Waals surface area contributed by atoms with Gasteiger partial charge in [0, 0.05) is 5.69 Å². The van der Waals surface area contributed by atoms with E-state index in [4.69, 9.17) is 22.5 Å². The Morgan fingerprint density at radius 3 is 2.06 bits per heavy atom. The number of nitriles is 1. The fourth-order valence-corrected chi connectivity index (χ4v) is 1.32. The Labute approximate surface area is 103 Å². The second kappa shape index (κ2) is 4.47. The molecule has 0 atom stereocenters. The van der Waals surface area contributed by atoms with Crippen molar-refractivity contribution in [2.24, 2.45) is 0 Å². The number of nitrogens with zero attached hydrogens (tertiary/aromatic N) is 3. The summed E-state index contributed by atoms with van der Waals surface area (Å²) in [6.45, 7) is 0. The predicted octanol–water partition coefficient (Wildman–Crippen LogP) is 0.838. The molecule has 18 heavy (non-hydrogen) atoms. The molecule has 7 N–H and O–H groups in total. The predicted molar refractivity (Wildman–Crippen MR) is 69.7 cm³/mol. The van der Waals surface area contributed by atoms with Crippen molar-refractivity contribution in [2.45, 2.75) is 0 Å². The fourth-order valence-electron chi connectivity index (χ4n) is 1.32. The van der Waals surface area contributed by atoms with E-state index in [2.05, 4.69) is 15.3 Å². The average Bonchev–Trinajstić information content (AvgIpc) is 2.37. The van der Waals surface area contributed by atoms with Gasteiger partial charge in [-0.05, 0) is 24.3 Å². The molecule has 0 aliphatic carbocycles. The molecular weight excluding hydrogens is 230 g/mol. The summed E-state index contributed by atoms with van der Waals surface area (Å²) in [6, 6.07) is 8.83. The maximum atomic E-state index is 8.68. The lowest BCUT2D eigenvalue weighted by atomic mass is 10.2. The van der Waals surface area contributed by atoms with E-state index < -0.39 is 0 Å². The lowest BCUT2D eigenvalue weighted by molar-refractivity contribution is 1.19. The van der Waals surface area contributed by atoms with Gasteiger partial charge >= 0.3 is 0 Å². The molecule has 1 aromatic heterocycles. The molecule has 2 rings (SSSR count). The van der Waals surface area contributed by atoms with Crippen LogP contribution in [0.1, 0.15) is 5.56 Å². The zero-order valence-corrected chi connectivity index (χ0v) is 9.38. The zero-order chi connectivity index (χ0) is 13.1. The Balaban J connectivity index is 2.26. The van der Waals surface area contributed by atoms with Crippen molar-refractivity contribution in [1.29, 1.82) is 5.26 Å². The molecule has 0 amide bonds. The highest BCUT2D eigenvalue weighted by Gasteiger charge is 2.06. The highest BCUT2D eigenvalue weighted by molar-refractivity contribution is 5.73. The number of nitrogens with two attached hydrogens (primary N) is 3. The van der Waals surface area contributed by atoms with E-state index in [1.807, 2.05) is 6.07 Å². The third kappa shape index (κ3) is 2.22. The highest BCUT2D eigenvalue weighted by Crippen LogP contribution is 2.22. The Morgan fingerprint density at radius 1 is 1.00 bits per heavy atom. The van der Waals surface area contributed by atoms with Crippen LogP contribution >= 0.6 is 0 Å². The number of benzene rings is 1. The fraction of sp³-hybridized carbons (Fsp3) is 0. The summed E-state index contributed by atoms with van der Waals surface area (Å²) in [5.41, 5.74) is 18.2. The molecule has 0 saturated heterocycles. The monoisotopic (exact) mass is 241 g/mol. The molecule has 0 spiro atoms. The average molecular weight is 241 g/mol. The second-order valence-corrected chi connectivity index (χ2v) is 3.55. The number of aromatic nitrogens is 2. The van der Waals surface area contributed by atoms with E-state index >= 15 is 0 Å². The van der Waals surface area contributed by atoms with Gasteiger partial charge in [-0.1, -0.05) is 0 Å². The SMILES string of the molecule is N#Cc1ccc(Nc2nc(N)c(N)c(N)n2)cc1. The van der Waals surface area contributed by atoms with Crippen LogP contribution in [-0.4, -0.2) is 9.97 Å². The van der Waals surface area contributed by atoms with Crippen molar-refractivity contribution in [1.82, 2.24) is 9.97 Å². The smallest absolute Gasteiger partial charge is 0.231 e. The van der Waals surface area contributed by atoms with Crippen molar-refractivity contribution in [3.8, 4) is 6.07 Å². The summed E-state index contributed by atoms with van der Waals surface area (Å²) in [4.78, 5) is 7.91. The van der Waals surface area contributed by atoms with Gasteiger partial charge in [0.05, 0.1) is 11.6 Å². The molecule has 0 aliphatic rings. The number of nitrogen functional groups attached to an aromatic ring is 3. The normalized spacial score (nSPS) is 9.72. The van der Waals surface area contributed by atoms with Crippen LogP contribution in [-0.2, 0) is 0 Å². The van der Waals surface area contributed by atoms with E-state index in [0.717, 1.165) is 5.69 Å². The summed E-state index contributed by atoms with van der Waals surface area (Å²) >= 11 is 0. The summed E-state index contributed by atoms with van der Waals surface area (Å²) in [7, 11) is 0. The number of rotatable bonds is 2. The van der Waals surface area contributed by atoms with Crippen LogP contribution in [0.15, 0.2) is 24.3 Å². The van der Waals surface area contributed by atoms with Crippen molar-refractivity contribution < 1.29 is 0 Å².